The first-order valence-corrected chi connectivity index (χ1v) is 14.8. The summed E-state index contributed by atoms with van der Waals surface area (Å²) in [5.74, 6) is 1.10. The van der Waals surface area contributed by atoms with Gasteiger partial charge in [-0.1, -0.05) is 109 Å². The van der Waals surface area contributed by atoms with Crippen LogP contribution in [0.15, 0.2) is 133 Å². The van der Waals surface area contributed by atoms with Crippen LogP contribution in [-0.2, 0) is 0 Å². The molecule has 198 valence electrons. The predicted molar refractivity (Wildman–Crippen MR) is 174 cm³/mol. The van der Waals surface area contributed by atoms with E-state index >= 15 is 0 Å². The number of benzene rings is 4. The minimum atomic E-state index is 0.390. The topological polar surface area (TPSA) is 3.24 Å². The largest absolute Gasteiger partial charge is 0.337 e. The van der Waals surface area contributed by atoms with Crippen molar-refractivity contribution < 1.29 is 0 Å². The lowest BCUT2D eigenvalue weighted by molar-refractivity contribution is 0.492. The Balaban J connectivity index is 1.14. The average molecular weight is 528 g/mol. The van der Waals surface area contributed by atoms with Crippen LogP contribution in [0.2, 0.25) is 0 Å². The molecule has 1 fully saturated rings. The second-order valence-electron chi connectivity index (χ2n) is 11.8. The summed E-state index contributed by atoms with van der Waals surface area (Å²) in [7, 11) is 0. The second-order valence-corrected chi connectivity index (χ2v) is 11.8. The number of hydrogen-bond acceptors (Lipinski definition) is 1. The van der Waals surface area contributed by atoms with Crippen LogP contribution in [0.3, 0.4) is 0 Å². The molecule has 4 aromatic rings. The minimum absolute atomic E-state index is 0.390. The normalized spacial score (nSPS) is 21.3. The first kappa shape index (κ1) is 24.2. The molecule has 0 N–H and O–H groups in total. The minimum Gasteiger partial charge on any atom is -0.337 e. The lowest BCUT2D eigenvalue weighted by Crippen LogP contribution is -2.30. The number of hydrogen-bond donors (Lipinski definition) is 0. The Morgan fingerprint density at radius 3 is 2.02 bits per heavy atom. The van der Waals surface area contributed by atoms with Crippen molar-refractivity contribution >= 4 is 17.3 Å². The third-order valence-electron chi connectivity index (χ3n) is 9.43. The van der Waals surface area contributed by atoms with Gasteiger partial charge < -0.3 is 4.90 Å². The molecule has 0 amide bonds. The summed E-state index contributed by atoms with van der Waals surface area (Å²) in [5.41, 5.74) is 15.8. The molecule has 1 heterocycles. The first-order valence-electron chi connectivity index (χ1n) is 14.8. The van der Waals surface area contributed by atoms with Crippen molar-refractivity contribution in [2.45, 2.75) is 26.3 Å². The van der Waals surface area contributed by atoms with Gasteiger partial charge in [-0.05, 0) is 100 Å². The Labute approximate surface area is 243 Å². The molecule has 0 aromatic heterocycles. The third-order valence-corrected chi connectivity index (χ3v) is 9.43. The molecule has 1 nitrogen and oxygen atoms in total. The second kappa shape index (κ2) is 9.49. The van der Waals surface area contributed by atoms with Gasteiger partial charge in [0.2, 0.25) is 0 Å². The maximum atomic E-state index is 2.58. The molecule has 1 saturated heterocycles. The average Bonchev–Trinajstić information content (AvgIpc) is 3.51. The van der Waals surface area contributed by atoms with Gasteiger partial charge in [-0.2, -0.15) is 0 Å². The SMILES string of the molecule is Cc1cc(C=C2c3ccccc3-c3ccccc32)ccc1-c1ccc(N2C3=CC=CCC3C3C=CC=CC32)cc1C. The van der Waals surface area contributed by atoms with Gasteiger partial charge in [0.25, 0.3) is 0 Å². The maximum Gasteiger partial charge on any atom is 0.0591 e. The van der Waals surface area contributed by atoms with Crippen molar-refractivity contribution in [2.24, 2.45) is 11.8 Å². The first-order chi connectivity index (χ1) is 20.2. The van der Waals surface area contributed by atoms with Gasteiger partial charge in [0, 0.05) is 23.2 Å². The maximum absolute atomic E-state index is 2.58. The van der Waals surface area contributed by atoms with Gasteiger partial charge >= 0.3 is 0 Å². The van der Waals surface area contributed by atoms with E-state index in [-0.39, 0.29) is 0 Å². The van der Waals surface area contributed by atoms with E-state index in [0.29, 0.717) is 17.9 Å². The summed E-state index contributed by atoms with van der Waals surface area (Å²) >= 11 is 0. The number of nitrogens with zero attached hydrogens (tertiary/aromatic N) is 1. The molecule has 1 aliphatic heterocycles. The van der Waals surface area contributed by atoms with Gasteiger partial charge in [0.1, 0.15) is 0 Å². The van der Waals surface area contributed by atoms with Crippen LogP contribution in [0.4, 0.5) is 5.69 Å². The van der Waals surface area contributed by atoms with Gasteiger partial charge in [-0.25, -0.2) is 0 Å². The molecule has 3 unspecified atom stereocenters. The highest BCUT2D eigenvalue weighted by Gasteiger charge is 2.43. The molecule has 4 aliphatic rings. The summed E-state index contributed by atoms with van der Waals surface area (Å²) in [6.45, 7) is 4.51. The van der Waals surface area contributed by atoms with E-state index < -0.39 is 0 Å². The van der Waals surface area contributed by atoms with Crippen molar-refractivity contribution in [2.75, 3.05) is 4.90 Å². The van der Waals surface area contributed by atoms with Crippen LogP contribution < -0.4 is 4.90 Å². The number of anilines is 1. The third kappa shape index (κ3) is 3.84. The monoisotopic (exact) mass is 527 g/mol. The van der Waals surface area contributed by atoms with Crippen molar-refractivity contribution in [1.82, 2.24) is 0 Å². The smallest absolute Gasteiger partial charge is 0.0591 e. The van der Waals surface area contributed by atoms with Crippen LogP contribution in [0, 0.1) is 25.7 Å². The summed E-state index contributed by atoms with van der Waals surface area (Å²) in [6.07, 6.45) is 19.6. The number of aryl methyl sites for hydroxylation is 2. The van der Waals surface area contributed by atoms with E-state index in [9.17, 15) is 0 Å². The molecule has 0 radical (unpaired) electrons. The molecule has 41 heavy (non-hydrogen) atoms. The van der Waals surface area contributed by atoms with Crippen LogP contribution in [0.1, 0.15) is 34.2 Å². The van der Waals surface area contributed by atoms with Crippen molar-refractivity contribution in [3.05, 3.63) is 161 Å². The molecule has 0 saturated carbocycles. The molecule has 0 spiro atoms. The molecule has 3 aliphatic carbocycles. The van der Waals surface area contributed by atoms with E-state index in [1.54, 1.807) is 0 Å². The number of allylic oxidation sites excluding steroid dienone is 6. The lowest BCUT2D eigenvalue weighted by atomic mass is 9.83. The molecular weight excluding hydrogens is 494 g/mol. The zero-order valence-electron chi connectivity index (χ0n) is 23.6. The summed E-state index contributed by atoms with van der Waals surface area (Å²) in [5, 5.41) is 0. The molecule has 1 heteroatoms. The lowest BCUT2D eigenvalue weighted by Gasteiger charge is -2.29. The number of rotatable bonds is 3. The highest BCUT2D eigenvalue weighted by molar-refractivity contribution is 6.06. The molecule has 0 bridgehead atoms. The quantitative estimate of drug-likeness (QED) is 0.226. The van der Waals surface area contributed by atoms with Crippen LogP contribution in [-0.4, -0.2) is 6.04 Å². The van der Waals surface area contributed by atoms with E-state index in [4.69, 9.17) is 0 Å². The van der Waals surface area contributed by atoms with Crippen molar-refractivity contribution in [1.29, 1.82) is 0 Å². The standard InChI is InChI=1S/C40H33N/c1-26-23-28(25-38-34-13-5-3-11-32(34)33-12-4-6-14-35(33)38)19-21-30(26)31-22-20-29(24-27(31)2)41-39-17-9-7-15-36(39)37-16-8-10-18-40(37)41/h3-15,17-25,36-37,39H,16H2,1-2H3. The Morgan fingerprint density at radius 2 is 1.32 bits per heavy atom. The summed E-state index contributed by atoms with van der Waals surface area (Å²) in [4.78, 5) is 2.58. The Morgan fingerprint density at radius 1 is 0.659 bits per heavy atom. The zero-order valence-corrected chi connectivity index (χ0v) is 23.6. The summed E-state index contributed by atoms with van der Waals surface area (Å²) in [6, 6.07) is 31.9. The van der Waals surface area contributed by atoms with Gasteiger partial charge in [-0.15, -0.1) is 0 Å². The van der Waals surface area contributed by atoms with E-state index in [0.717, 1.165) is 6.42 Å². The predicted octanol–water partition coefficient (Wildman–Crippen LogP) is 9.93. The molecule has 8 rings (SSSR count). The van der Waals surface area contributed by atoms with Crippen molar-refractivity contribution in [3.8, 4) is 22.3 Å². The van der Waals surface area contributed by atoms with E-state index in [1.165, 1.54) is 67.0 Å². The van der Waals surface area contributed by atoms with E-state index in [2.05, 4.69) is 152 Å². The highest BCUT2D eigenvalue weighted by Crippen LogP contribution is 2.48. The highest BCUT2D eigenvalue weighted by atomic mass is 15.2. The fourth-order valence-electron chi connectivity index (χ4n) is 7.54. The van der Waals surface area contributed by atoms with Gasteiger partial charge in [0.15, 0.2) is 0 Å². The van der Waals surface area contributed by atoms with Gasteiger partial charge in [-0.3, -0.25) is 0 Å². The van der Waals surface area contributed by atoms with Gasteiger partial charge in [0.05, 0.1) is 6.04 Å². The number of fused-ring (bicyclic) bond motifs is 6. The fraction of sp³-hybridized carbons (Fsp3) is 0.150. The van der Waals surface area contributed by atoms with Crippen LogP contribution in [0.25, 0.3) is 33.9 Å². The van der Waals surface area contributed by atoms with Crippen molar-refractivity contribution in [3.63, 3.8) is 0 Å². The fourth-order valence-corrected chi connectivity index (χ4v) is 7.54. The molecule has 4 aromatic carbocycles. The Bertz CT molecular complexity index is 1810. The molecule has 3 atom stereocenters. The zero-order chi connectivity index (χ0) is 27.5. The van der Waals surface area contributed by atoms with E-state index in [1.807, 2.05) is 0 Å². The molecular formula is C40H33N. The summed E-state index contributed by atoms with van der Waals surface area (Å²) < 4.78 is 0. The Hall–Kier alpha value is -4.62. The van der Waals surface area contributed by atoms with Crippen LogP contribution in [0.5, 0.6) is 0 Å². The van der Waals surface area contributed by atoms with Crippen LogP contribution >= 0.6 is 0 Å². The Kier molecular flexibility index (Phi) is 5.60.